The highest BCUT2D eigenvalue weighted by Gasteiger charge is 2.28. The summed E-state index contributed by atoms with van der Waals surface area (Å²) >= 11 is 0. The fourth-order valence-electron chi connectivity index (χ4n) is 3.38. The number of ketones is 1. The fourth-order valence-corrected chi connectivity index (χ4v) is 3.38. The largest absolute Gasteiger partial charge is 0.371 e. The van der Waals surface area contributed by atoms with Gasteiger partial charge in [0.25, 0.3) is 11.7 Å². The van der Waals surface area contributed by atoms with Crippen molar-refractivity contribution in [1.29, 1.82) is 0 Å². The lowest BCUT2D eigenvalue weighted by atomic mass is 9.89. The van der Waals surface area contributed by atoms with Crippen LogP contribution in [0.3, 0.4) is 0 Å². The van der Waals surface area contributed by atoms with E-state index in [9.17, 15) is 9.59 Å². The molecule has 1 amide bonds. The SMILES string of the molecule is CC(C)C1CCCN(c2ccc3c(c2)NC(=O)C3=O)CC1. The van der Waals surface area contributed by atoms with Crippen LogP contribution in [0.5, 0.6) is 0 Å². The normalized spacial score (nSPS) is 22.2. The number of benzene rings is 1. The van der Waals surface area contributed by atoms with Crippen LogP contribution in [0.1, 0.15) is 43.5 Å². The molecule has 0 saturated carbocycles. The molecule has 0 aromatic heterocycles. The average molecular weight is 286 g/mol. The molecule has 1 N–H and O–H groups in total. The van der Waals surface area contributed by atoms with E-state index in [0.717, 1.165) is 30.6 Å². The molecule has 4 nitrogen and oxygen atoms in total. The molecule has 2 aliphatic heterocycles. The van der Waals surface area contributed by atoms with Crippen molar-refractivity contribution in [2.75, 3.05) is 23.3 Å². The van der Waals surface area contributed by atoms with Crippen molar-refractivity contribution >= 4 is 23.1 Å². The van der Waals surface area contributed by atoms with Gasteiger partial charge in [0.2, 0.25) is 0 Å². The third-order valence-corrected chi connectivity index (χ3v) is 4.78. The highest BCUT2D eigenvalue weighted by molar-refractivity contribution is 6.51. The number of hydrogen-bond acceptors (Lipinski definition) is 3. The van der Waals surface area contributed by atoms with Gasteiger partial charge >= 0.3 is 0 Å². The van der Waals surface area contributed by atoms with Gasteiger partial charge in [-0.1, -0.05) is 13.8 Å². The lowest BCUT2D eigenvalue weighted by Gasteiger charge is -2.24. The van der Waals surface area contributed by atoms with E-state index in [1.807, 2.05) is 12.1 Å². The van der Waals surface area contributed by atoms with Crippen LogP contribution in [0.2, 0.25) is 0 Å². The van der Waals surface area contributed by atoms with Crippen LogP contribution < -0.4 is 10.2 Å². The Morgan fingerprint density at radius 1 is 1.19 bits per heavy atom. The number of carbonyl (C=O) groups excluding carboxylic acids is 2. The summed E-state index contributed by atoms with van der Waals surface area (Å²) in [7, 11) is 0. The van der Waals surface area contributed by atoms with Crippen LogP contribution >= 0.6 is 0 Å². The number of nitrogens with zero attached hydrogens (tertiary/aromatic N) is 1. The zero-order chi connectivity index (χ0) is 15.0. The Labute approximate surface area is 125 Å². The molecule has 4 heteroatoms. The summed E-state index contributed by atoms with van der Waals surface area (Å²) in [5.41, 5.74) is 2.26. The van der Waals surface area contributed by atoms with E-state index < -0.39 is 11.7 Å². The number of amides is 1. The number of rotatable bonds is 2. The van der Waals surface area contributed by atoms with Gasteiger partial charge in [-0.05, 0) is 49.3 Å². The van der Waals surface area contributed by atoms with Crippen molar-refractivity contribution in [3.63, 3.8) is 0 Å². The lowest BCUT2D eigenvalue weighted by molar-refractivity contribution is -0.112. The molecule has 0 aliphatic carbocycles. The predicted molar refractivity (Wildman–Crippen MR) is 83.8 cm³/mol. The van der Waals surface area contributed by atoms with Gasteiger partial charge in [0.15, 0.2) is 0 Å². The molecule has 0 bridgehead atoms. The summed E-state index contributed by atoms with van der Waals surface area (Å²) in [5.74, 6) is 0.595. The maximum Gasteiger partial charge on any atom is 0.296 e. The zero-order valence-corrected chi connectivity index (χ0v) is 12.7. The van der Waals surface area contributed by atoms with Gasteiger partial charge in [-0.2, -0.15) is 0 Å². The van der Waals surface area contributed by atoms with Crippen LogP contribution in [0.4, 0.5) is 11.4 Å². The maximum absolute atomic E-state index is 11.6. The summed E-state index contributed by atoms with van der Waals surface area (Å²) in [4.78, 5) is 25.4. The molecule has 21 heavy (non-hydrogen) atoms. The molecule has 1 atom stereocenters. The Morgan fingerprint density at radius 3 is 2.76 bits per heavy atom. The lowest BCUT2D eigenvalue weighted by Crippen LogP contribution is -2.24. The van der Waals surface area contributed by atoms with E-state index in [1.54, 1.807) is 6.07 Å². The number of fused-ring (bicyclic) bond motifs is 1. The third-order valence-electron chi connectivity index (χ3n) is 4.78. The Hall–Kier alpha value is -1.84. The van der Waals surface area contributed by atoms with Crippen LogP contribution in [0.15, 0.2) is 18.2 Å². The molecule has 1 saturated heterocycles. The van der Waals surface area contributed by atoms with E-state index >= 15 is 0 Å². The molecule has 0 radical (unpaired) electrons. The summed E-state index contributed by atoms with van der Waals surface area (Å²) in [6, 6.07) is 5.68. The summed E-state index contributed by atoms with van der Waals surface area (Å²) < 4.78 is 0. The second-order valence-electron chi connectivity index (χ2n) is 6.44. The molecular weight excluding hydrogens is 264 g/mol. The summed E-state index contributed by atoms with van der Waals surface area (Å²) in [6.07, 6.45) is 3.69. The average Bonchev–Trinajstić information content (AvgIpc) is 2.67. The monoisotopic (exact) mass is 286 g/mol. The highest BCUT2D eigenvalue weighted by atomic mass is 16.2. The first-order valence-electron chi connectivity index (χ1n) is 7.81. The molecule has 1 aromatic carbocycles. The molecule has 1 aromatic rings. The minimum atomic E-state index is -0.516. The van der Waals surface area contributed by atoms with Crippen molar-refractivity contribution in [2.45, 2.75) is 33.1 Å². The Bertz CT molecular complexity index is 580. The summed E-state index contributed by atoms with van der Waals surface area (Å²) in [6.45, 7) is 6.70. The van der Waals surface area contributed by atoms with Gasteiger partial charge in [0.05, 0.1) is 11.3 Å². The molecule has 1 unspecified atom stereocenters. The van der Waals surface area contributed by atoms with E-state index in [4.69, 9.17) is 0 Å². The van der Waals surface area contributed by atoms with Crippen LogP contribution in [0.25, 0.3) is 0 Å². The molecule has 1 fully saturated rings. The maximum atomic E-state index is 11.6. The van der Waals surface area contributed by atoms with E-state index in [-0.39, 0.29) is 0 Å². The first kappa shape index (κ1) is 14.1. The Kier molecular flexibility index (Phi) is 3.70. The topological polar surface area (TPSA) is 49.4 Å². The molecule has 2 heterocycles. The van der Waals surface area contributed by atoms with E-state index in [2.05, 4.69) is 24.1 Å². The number of anilines is 2. The van der Waals surface area contributed by atoms with Gasteiger partial charge in [-0.25, -0.2) is 0 Å². The van der Waals surface area contributed by atoms with Crippen molar-refractivity contribution in [1.82, 2.24) is 0 Å². The van der Waals surface area contributed by atoms with Crippen molar-refractivity contribution in [3.8, 4) is 0 Å². The van der Waals surface area contributed by atoms with E-state index in [1.165, 1.54) is 19.3 Å². The van der Waals surface area contributed by atoms with Gasteiger partial charge in [-0.15, -0.1) is 0 Å². The van der Waals surface area contributed by atoms with Crippen molar-refractivity contribution in [2.24, 2.45) is 11.8 Å². The molecule has 3 rings (SSSR count). The van der Waals surface area contributed by atoms with Gasteiger partial charge in [0, 0.05) is 18.8 Å². The summed E-state index contributed by atoms with van der Waals surface area (Å²) in [5, 5.41) is 2.65. The molecule has 2 aliphatic rings. The number of hydrogen-bond donors (Lipinski definition) is 1. The second-order valence-corrected chi connectivity index (χ2v) is 6.44. The third kappa shape index (κ3) is 2.67. The first-order chi connectivity index (χ1) is 10.1. The number of nitrogens with one attached hydrogen (secondary N) is 1. The highest BCUT2D eigenvalue weighted by Crippen LogP contribution is 2.31. The minimum Gasteiger partial charge on any atom is -0.371 e. The number of carbonyl (C=O) groups is 2. The molecule has 112 valence electrons. The number of Topliss-reactive ketones (excluding diaryl/α,β-unsaturated/α-hetero) is 1. The van der Waals surface area contributed by atoms with Crippen LogP contribution in [0, 0.1) is 11.8 Å². The smallest absolute Gasteiger partial charge is 0.296 e. The van der Waals surface area contributed by atoms with Crippen molar-refractivity contribution < 1.29 is 9.59 Å². The quantitative estimate of drug-likeness (QED) is 0.850. The standard InChI is InChI=1S/C17H22N2O2/c1-11(2)12-4-3-8-19(9-7-12)13-5-6-14-15(10-13)18-17(21)16(14)20/h5-6,10-12H,3-4,7-9H2,1-2H3,(H,18,20,21). The van der Waals surface area contributed by atoms with Gasteiger partial charge in [0.1, 0.15) is 0 Å². The van der Waals surface area contributed by atoms with Crippen molar-refractivity contribution in [3.05, 3.63) is 23.8 Å². The zero-order valence-electron chi connectivity index (χ0n) is 12.7. The Balaban J connectivity index is 1.78. The van der Waals surface area contributed by atoms with E-state index in [0.29, 0.717) is 11.3 Å². The van der Waals surface area contributed by atoms with Gasteiger partial charge < -0.3 is 10.2 Å². The molecular formula is C17H22N2O2. The van der Waals surface area contributed by atoms with Gasteiger partial charge in [-0.3, -0.25) is 9.59 Å². The van der Waals surface area contributed by atoms with Crippen LogP contribution in [-0.2, 0) is 4.79 Å². The predicted octanol–water partition coefficient (Wildman–Crippen LogP) is 3.08. The molecule has 0 spiro atoms. The second kappa shape index (κ2) is 5.51. The first-order valence-corrected chi connectivity index (χ1v) is 7.81. The Morgan fingerprint density at radius 2 is 2.00 bits per heavy atom. The van der Waals surface area contributed by atoms with Crippen LogP contribution in [-0.4, -0.2) is 24.8 Å². The fraction of sp³-hybridized carbons (Fsp3) is 0.529. The minimum absolute atomic E-state index is 0.424.